The highest BCUT2D eigenvalue weighted by Gasteiger charge is 2.20. The number of nitrogens with zero attached hydrogens (tertiary/aromatic N) is 3. The van der Waals surface area contributed by atoms with Crippen LogP contribution in [0, 0.1) is 0 Å². The number of para-hydroxylation sites is 1. The standard InChI is InChI=1S/C26H29N5O3/c1-30-13-15-31(16-14-30)24-7-3-2-6-23(24)25(32)29-22-10-8-20(9-11-22)18-28-26(33)34-19-21-5-4-12-27-17-21/h2-12,17H,13-16,18-19H2,1H3,(H,28,33)(H,29,32). The van der Waals surface area contributed by atoms with Crippen molar-refractivity contribution in [3.05, 3.63) is 89.7 Å². The summed E-state index contributed by atoms with van der Waals surface area (Å²) < 4.78 is 5.19. The Morgan fingerprint density at radius 3 is 2.44 bits per heavy atom. The highest BCUT2D eigenvalue weighted by Crippen LogP contribution is 2.23. The summed E-state index contributed by atoms with van der Waals surface area (Å²) in [4.78, 5) is 33.5. The lowest BCUT2D eigenvalue weighted by Gasteiger charge is -2.35. The van der Waals surface area contributed by atoms with Crippen LogP contribution in [0.3, 0.4) is 0 Å². The molecule has 1 saturated heterocycles. The molecule has 1 fully saturated rings. The quantitative estimate of drug-likeness (QED) is 0.562. The Morgan fingerprint density at radius 2 is 1.71 bits per heavy atom. The van der Waals surface area contributed by atoms with E-state index in [2.05, 4.69) is 32.5 Å². The van der Waals surface area contributed by atoms with Gasteiger partial charge in [-0.15, -0.1) is 0 Å². The maximum atomic E-state index is 13.0. The number of nitrogens with one attached hydrogen (secondary N) is 2. The van der Waals surface area contributed by atoms with E-state index in [1.807, 2.05) is 54.6 Å². The number of amides is 2. The molecule has 0 aliphatic carbocycles. The van der Waals surface area contributed by atoms with Crippen LogP contribution in [0.4, 0.5) is 16.2 Å². The minimum Gasteiger partial charge on any atom is -0.445 e. The molecule has 1 aliphatic rings. The fraction of sp³-hybridized carbons (Fsp3) is 0.269. The number of ether oxygens (including phenoxy) is 1. The number of benzene rings is 2. The van der Waals surface area contributed by atoms with Gasteiger partial charge in [-0.3, -0.25) is 9.78 Å². The number of piperazine rings is 1. The SMILES string of the molecule is CN1CCN(c2ccccc2C(=O)Nc2ccc(CNC(=O)OCc3cccnc3)cc2)CC1. The molecular formula is C26H29N5O3. The summed E-state index contributed by atoms with van der Waals surface area (Å²) in [6.07, 6.45) is 2.83. The van der Waals surface area contributed by atoms with Gasteiger partial charge in [0, 0.05) is 62.1 Å². The molecule has 2 heterocycles. The molecule has 176 valence electrons. The average Bonchev–Trinajstić information content (AvgIpc) is 2.88. The van der Waals surface area contributed by atoms with Crippen LogP contribution in [0.25, 0.3) is 0 Å². The van der Waals surface area contributed by atoms with E-state index in [0.29, 0.717) is 17.8 Å². The van der Waals surface area contributed by atoms with Gasteiger partial charge in [-0.25, -0.2) is 4.79 Å². The maximum absolute atomic E-state index is 13.0. The molecule has 8 heteroatoms. The molecule has 0 spiro atoms. The zero-order chi connectivity index (χ0) is 23.8. The van der Waals surface area contributed by atoms with Crippen molar-refractivity contribution in [2.75, 3.05) is 43.4 Å². The van der Waals surface area contributed by atoms with E-state index in [-0.39, 0.29) is 12.5 Å². The molecule has 1 aliphatic heterocycles. The van der Waals surface area contributed by atoms with Crippen LogP contribution in [-0.4, -0.2) is 55.1 Å². The number of carbonyl (C=O) groups is 2. The monoisotopic (exact) mass is 459 g/mol. The summed E-state index contributed by atoms with van der Waals surface area (Å²) in [6.45, 7) is 4.23. The molecule has 0 bridgehead atoms. The second-order valence-corrected chi connectivity index (χ2v) is 8.25. The lowest BCUT2D eigenvalue weighted by Crippen LogP contribution is -2.45. The largest absolute Gasteiger partial charge is 0.445 e. The molecule has 0 unspecified atom stereocenters. The number of hydrogen-bond acceptors (Lipinski definition) is 6. The molecule has 34 heavy (non-hydrogen) atoms. The molecule has 0 radical (unpaired) electrons. The number of aromatic nitrogens is 1. The van der Waals surface area contributed by atoms with E-state index in [1.54, 1.807) is 18.5 Å². The number of alkyl carbamates (subject to hydrolysis) is 1. The van der Waals surface area contributed by atoms with Crippen LogP contribution < -0.4 is 15.5 Å². The molecule has 2 aromatic carbocycles. The fourth-order valence-electron chi connectivity index (χ4n) is 3.75. The number of pyridine rings is 1. The molecule has 8 nitrogen and oxygen atoms in total. The van der Waals surface area contributed by atoms with Crippen LogP contribution >= 0.6 is 0 Å². The Balaban J connectivity index is 1.29. The normalized spacial score (nSPS) is 13.9. The predicted molar refractivity (Wildman–Crippen MR) is 132 cm³/mol. The van der Waals surface area contributed by atoms with Crippen molar-refractivity contribution in [2.45, 2.75) is 13.2 Å². The molecule has 2 N–H and O–H groups in total. The van der Waals surface area contributed by atoms with Crippen molar-refractivity contribution in [1.82, 2.24) is 15.2 Å². The van der Waals surface area contributed by atoms with E-state index in [9.17, 15) is 9.59 Å². The number of likely N-dealkylation sites (N-methyl/N-ethyl adjacent to an activating group) is 1. The van der Waals surface area contributed by atoms with Gasteiger partial charge in [-0.2, -0.15) is 0 Å². The molecule has 3 aromatic rings. The molecule has 1 aromatic heterocycles. The number of rotatable bonds is 7. The summed E-state index contributed by atoms with van der Waals surface area (Å²) in [6, 6.07) is 18.7. The van der Waals surface area contributed by atoms with Crippen LogP contribution in [0.2, 0.25) is 0 Å². The Hall–Kier alpha value is -3.91. The third-order valence-electron chi connectivity index (χ3n) is 5.73. The van der Waals surface area contributed by atoms with Crippen molar-refractivity contribution < 1.29 is 14.3 Å². The first-order valence-corrected chi connectivity index (χ1v) is 11.3. The third kappa shape index (κ3) is 6.32. The lowest BCUT2D eigenvalue weighted by molar-refractivity contribution is 0.102. The van der Waals surface area contributed by atoms with Gasteiger partial charge in [-0.1, -0.05) is 30.3 Å². The van der Waals surface area contributed by atoms with Gasteiger partial charge < -0.3 is 25.2 Å². The van der Waals surface area contributed by atoms with Crippen LogP contribution in [0.5, 0.6) is 0 Å². The minimum atomic E-state index is -0.498. The van der Waals surface area contributed by atoms with Gasteiger partial charge in [-0.05, 0) is 42.9 Å². The van der Waals surface area contributed by atoms with Crippen molar-refractivity contribution in [3.8, 4) is 0 Å². The topological polar surface area (TPSA) is 86.8 Å². The molecule has 0 saturated carbocycles. The zero-order valence-electron chi connectivity index (χ0n) is 19.2. The van der Waals surface area contributed by atoms with Gasteiger partial charge in [0.1, 0.15) is 6.61 Å². The lowest BCUT2D eigenvalue weighted by atomic mass is 10.1. The Bertz CT molecular complexity index is 1100. The average molecular weight is 460 g/mol. The van der Waals surface area contributed by atoms with Gasteiger partial charge in [0.05, 0.1) is 5.56 Å². The fourth-order valence-corrected chi connectivity index (χ4v) is 3.75. The minimum absolute atomic E-state index is 0.139. The highest BCUT2D eigenvalue weighted by atomic mass is 16.5. The zero-order valence-corrected chi connectivity index (χ0v) is 19.2. The van der Waals surface area contributed by atoms with Gasteiger partial charge in [0.25, 0.3) is 5.91 Å². The molecular weight excluding hydrogens is 430 g/mol. The second-order valence-electron chi connectivity index (χ2n) is 8.25. The highest BCUT2D eigenvalue weighted by molar-refractivity contribution is 6.08. The van der Waals surface area contributed by atoms with Gasteiger partial charge in [0.15, 0.2) is 0 Å². The smallest absolute Gasteiger partial charge is 0.407 e. The first-order chi connectivity index (χ1) is 16.6. The van der Waals surface area contributed by atoms with Crippen molar-refractivity contribution in [1.29, 1.82) is 0 Å². The summed E-state index contributed by atoms with van der Waals surface area (Å²) in [7, 11) is 2.11. The van der Waals surface area contributed by atoms with Gasteiger partial charge in [0.2, 0.25) is 0 Å². The van der Waals surface area contributed by atoms with Crippen LogP contribution in [-0.2, 0) is 17.9 Å². The van der Waals surface area contributed by atoms with Crippen LogP contribution in [0.15, 0.2) is 73.1 Å². The third-order valence-corrected chi connectivity index (χ3v) is 5.73. The van der Waals surface area contributed by atoms with E-state index in [1.165, 1.54) is 0 Å². The second kappa shape index (κ2) is 11.3. The summed E-state index contributed by atoms with van der Waals surface area (Å²) >= 11 is 0. The Kier molecular flexibility index (Phi) is 7.72. The summed E-state index contributed by atoms with van der Waals surface area (Å²) in [5.74, 6) is -0.139. The Labute approximate surface area is 199 Å². The van der Waals surface area contributed by atoms with E-state index in [0.717, 1.165) is 43.0 Å². The van der Waals surface area contributed by atoms with Crippen molar-refractivity contribution >= 4 is 23.4 Å². The number of carbonyl (C=O) groups excluding carboxylic acids is 2. The first-order valence-electron chi connectivity index (χ1n) is 11.3. The number of hydrogen-bond donors (Lipinski definition) is 2. The maximum Gasteiger partial charge on any atom is 0.407 e. The molecule has 2 amide bonds. The summed E-state index contributed by atoms with van der Waals surface area (Å²) in [5, 5.41) is 5.71. The van der Waals surface area contributed by atoms with E-state index >= 15 is 0 Å². The van der Waals surface area contributed by atoms with E-state index < -0.39 is 6.09 Å². The van der Waals surface area contributed by atoms with Gasteiger partial charge >= 0.3 is 6.09 Å². The van der Waals surface area contributed by atoms with Crippen molar-refractivity contribution in [3.63, 3.8) is 0 Å². The summed E-state index contributed by atoms with van der Waals surface area (Å²) in [5.41, 5.74) is 4.04. The number of anilines is 2. The molecule has 4 rings (SSSR count). The predicted octanol–water partition coefficient (Wildman–Crippen LogP) is 3.51. The molecule has 0 atom stereocenters. The van der Waals surface area contributed by atoms with Crippen LogP contribution in [0.1, 0.15) is 21.5 Å². The van der Waals surface area contributed by atoms with E-state index in [4.69, 9.17) is 4.74 Å². The van der Waals surface area contributed by atoms with Crippen molar-refractivity contribution in [2.24, 2.45) is 0 Å². The first kappa shape index (κ1) is 23.3. The Morgan fingerprint density at radius 1 is 0.941 bits per heavy atom.